The predicted molar refractivity (Wildman–Crippen MR) is 116 cm³/mol. The molecule has 1 aromatic heterocycles. The molecule has 0 saturated carbocycles. The molecule has 1 aromatic carbocycles. The fourth-order valence-corrected chi connectivity index (χ4v) is 4.18. The lowest BCUT2D eigenvalue weighted by Gasteiger charge is -2.30. The zero-order chi connectivity index (χ0) is 20.7. The molecule has 1 amide bonds. The fourth-order valence-electron chi connectivity index (χ4n) is 3.87. The molecule has 0 aliphatic carbocycles. The number of carbonyl (C=O) groups excluding carboxylic acids is 1. The van der Waals surface area contributed by atoms with E-state index in [0.717, 1.165) is 54.7 Å². The average Bonchev–Trinajstić information content (AvgIpc) is 2.96. The highest BCUT2D eigenvalue weighted by Gasteiger charge is 2.42. The van der Waals surface area contributed by atoms with E-state index in [0.29, 0.717) is 10.6 Å². The van der Waals surface area contributed by atoms with Crippen LogP contribution in [0.5, 0.6) is 0 Å². The standard InChI is InChI=1S/C20H25ClN4O.C2H6/c1-4-7-20(8-5-2)15-9-14(10-16(21)17(15)19(26)25-20)24-18-13(6-3)11-22-12-23-18;1-2/h9-12H,4-8H2,1-3H3,(H,25,26)(H,22,23,24);1-2H3. The number of nitrogens with one attached hydrogen (secondary N) is 2. The van der Waals surface area contributed by atoms with Crippen molar-refractivity contribution in [3.05, 3.63) is 46.4 Å². The van der Waals surface area contributed by atoms with Gasteiger partial charge in [-0.15, -0.1) is 0 Å². The van der Waals surface area contributed by atoms with Gasteiger partial charge in [0.1, 0.15) is 12.1 Å². The second-order valence-corrected chi connectivity index (χ2v) is 7.20. The summed E-state index contributed by atoms with van der Waals surface area (Å²) >= 11 is 6.50. The van der Waals surface area contributed by atoms with Crippen molar-refractivity contribution in [1.82, 2.24) is 15.3 Å². The Bertz CT molecular complexity index is 816. The lowest BCUT2D eigenvalue weighted by molar-refractivity contribution is 0.0920. The van der Waals surface area contributed by atoms with Crippen LogP contribution in [0.3, 0.4) is 0 Å². The summed E-state index contributed by atoms with van der Waals surface area (Å²) in [6.45, 7) is 10.3. The molecule has 3 rings (SSSR count). The van der Waals surface area contributed by atoms with Gasteiger partial charge in [0, 0.05) is 17.4 Å². The van der Waals surface area contributed by atoms with Gasteiger partial charge in [0.15, 0.2) is 0 Å². The van der Waals surface area contributed by atoms with Crippen molar-refractivity contribution < 1.29 is 4.79 Å². The fraction of sp³-hybridized carbons (Fsp3) is 0.500. The maximum absolute atomic E-state index is 12.6. The molecule has 1 aliphatic rings. The number of amides is 1. The molecule has 0 atom stereocenters. The van der Waals surface area contributed by atoms with Crippen LogP contribution in [0.25, 0.3) is 0 Å². The summed E-state index contributed by atoms with van der Waals surface area (Å²) in [5.41, 5.74) is 3.14. The molecule has 0 bridgehead atoms. The summed E-state index contributed by atoms with van der Waals surface area (Å²) in [4.78, 5) is 21.0. The lowest BCUT2D eigenvalue weighted by atomic mass is 9.82. The van der Waals surface area contributed by atoms with Gasteiger partial charge >= 0.3 is 0 Å². The molecule has 0 radical (unpaired) electrons. The molecular weight excluding hydrogens is 372 g/mol. The van der Waals surface area contributed by atoms with Crippen molar-refractivity contribution in [2.24, 2.45) is 0 Å². The Morgan fingerprint density at radius 3 is 2.43 bits per heavy atom. The molecule has 0 spiro atoms. The SMILES string of the molecule is CC.CCCC1(CCC)NC(=O)c2c(Cl)cc(Nc3ncncc3CC)cc21. The van der Waals surface area contributed by atoms with E-state index in [9.17, 15) is 4.79 Å². The van der Waals surface area contributed by atoms with Crippen LogP contribution in [0.2, 0.25) is 5.02 Å². The van der Waals surface area contributed by atoms with E-state index in [-0.39, 0.29) is 11.4 Å². The molecule has 152 valence electrons. The molecular formula is C22H31ClN4O. The Kier molecular flexibility index (Phi) is 7.81. The minimum absolute atomic E-state index is 0.0743. The third-order valence-corrected chi connectivity index (χ3v) is 5.27. The van der Waals surface area contributed by atoms with Crippen LogP contribution >= 0.6 is 11.6 Å². The third kappa shape index (κ3) is 4.30. The van der Waals surface area contributed by atoms with Crippen LogP contribution in [0.1, 0.15) is 81.8 Å². The van der Waals surface area contributed by atoms with E-state index in [1.807, 2.05) is 26.1 Å². The van der Waals surface area contributed by atoms with Gasteiger partial charge in [0.25, 0.3) is 5.91 Å². The van der Waals surface area contributed by atoms with E-state index in [1.165, 1.54) is 6.33 Å². The van der Waals surface area contributed by atoms with Crippen molar-refractivity contribution >= 4 is 29.0 Å². The summed E-state index contributed by atoms with van der Waals surface area (Å²) in [6.07, 6.45) is 7.94. The zero-order valence-electron chi connectivity index (χ0n) is 17.5. The van der Waals surface area contributed by atoms with Crippen molar-refractivity contribution in [2.75, 3.05) is 5.32 Å². The molecule has 5 nitrogen and oxygen atoms in total. The van der Waals surface area contributed by atoms with Crippen LogP contribution in [0, 0.1) is 0 Å². The largest absolute Gasteiger partial charge is 0.342 e. The van der Waals surface area contributed by atoms with Crippen LogP contribution in [-0.2, 0) is 12.0 Å². The molecule has 28 heavy (non-hydrogen) atoms. The highest BCUT2D eigenvalue weighted by molar-refractivity contribution is 6.34. The summed E-state index contributed by atoms with van der Waals surface area (Å²) in [5.74, 6) is 0.696. The van der Waals surface area contributed by atoms with E-state index in [1.54, 1.807) is 6.07 Å². The maximum Gasteiger partial charge on any atom is 0.253 e. The van der Waals surface area contributed by atoms with Crippen molar-refractivity contribution in [1.29, 1.82) is 0 Å². The number of fused-ring (bicyclic) bond motifs is 1. The van der Waals surface area contributed by atoms with Crippen molar-refractivity contribution in [3.63, 3.8) is 0 Å². The van der Waals surface area contributed by atoms with E-state index < -0.39 is 0 Å². The number of benzene rings is 1. The van der Waals surface area contributed by atoms with Gasteiger partial charge in [-0.2, -0.15) is 0 Å². The average molecular weight is 403 g/mol. The molecule has 2 aromatic rings. The van der Waals surface area contributed by atoms with E-state index >= 15 is 0 Å². The topological polar surface area (TPSA) is 66.9 Å². The highest BCUT2D eigenvalue weighted by Crippen LogP contribution is 2.43. The van der Waals surface area contributed by atoms with E-state index in [4.69, 9.17) is 11.6 Å². The smallest absolute Gasteiger partial charge is 0.253 e. The normalized spacial score (nSPS) is 14.0. The predicted octanol–water partition coefficient (Wildman–Crippen LogP) is 6.00. The Morgan fingerprint density at radius 2 is 1.82 bits per heavy atom. The molecule has 0 unspecified atom stereocenters. The Morgan fingerprint density at radius 1 is 1.14 bits per heavy atom. The second kappa shape index (κ2) is 9.87. The second-order valence-electron chi connectivity index (χ2n) is 6.79. The third-order valence-electron chi connectivity index (χ3n) is 4.97. The zero-order valence-corrected chi connectivity index (χ0v) is 18.3. The van der Waals surface area contributed by atoms with Gasteiger partial charge in [-0.25, -0.2) is 9.97 Å². The summed E-state index contributed by atoms with van der Waals surface area (Å²) in [5, 5.41) is 7.04. The first-order valence-electron chi connectivity index (χ1n) is 10.3. The van der Waals surface area contributed by atoms with Crippen LogP contribution < -0.4 is 10.6 Å². The van der Waals surface area contributed by atoms with Crippen molar-refractivity contribution in [2.45, 2.75) is 72.3 Å². The lowest BCUT2D eigenvalue weighted by Crippen LogP contribution is -2.39. The van der Waals surface area contributed by atoms with Gasteiger partial charge in [-0.1, -0.05) is 59.1 Å². The van der Waals surface area contributed by atoms with Gasteiger partial charge in [0.05, 0.1) is 16.1 Å². The van der Waals surface area contributed by atoms with E-state index in [2.05, 4.69) is 41.4 Å². The number of anilines is 2. The first kappa shape index (κ1) is 22.2. The number of aryl methyl sites for hydroxylation is 1. The Balaban J connectivity index is 0.00000136. The number of hydrogen-bond acceptors (Lipinski definition) is 4. The highest BCUT2D eigenvalue weighted by atomic mass is 35.5. The van der Waals surface area contributed by atoms with Crippen LogP contribution in [-0.4, -0.2) is 15.9 Å². The molecule has 2 N–H and O–H groups in total. The van der Waals surface area contributed by atoms with Crippen LogP contribution in [0.4, 0.5) is 11.5 Å². The minimum atomic E-state index is -0.337. The molecule has 0 fully saturated rings. The number of carbonyl (C=O) groups is 1. The maximum atomic E-state index is 12.6. The summed E-state index contributed by atoms with van der Waals surface area (Å²) in [7, 11) is 0. The summed E-state index contributed by atoms with van der Waals surface area (Å²) in [6, 6.07) is 3.85. The number of rotatable bonds is 7. The number of halogens is 1. The monoisotopic (exact) mass is 402 g/mol. The van der Waals surface area contributed by atoms with Crippen LogP contribution in [0.15, 0.2) is 24.7 Å². The number of aromatic nitrogens is 2. The minimum Gasteiger partial charge on any atom is -0.342 e. The van der Waals surface area contributed by atoms with Gasteiger partial charge < -0.3 is 10.6 Å². The summed E-state index contributed by atoms with van der Waals surface area (Å²) < 4.78 is 0. The van der Waals surface area contributed by atoms with Gasteiger partial charge in [-0.3, -0.25) is 4.79 Å². The first-order chi connectivity index (χ1) is 13.5. The Hall–Kier alpha value is -2.14. The van der Waals surface area contributed by atoms with Gasteiger partial charge in [0.2, 0.25) is 0 Å². The number of nitrogens with zero attached hydrogens (tertiary/aromatic N) is 2. The van der Waals surface area contributed by atoms with Gasteiger partial charge in [-0.05, 0) is 37.0 Å². The van der Waals surface area contributed by atoms with Crippen molar-refractivity contribution in [3.8, 4) is 0 Å². The number of hydrogen-bond donors (Lipinski definition) is 2. The first-order valence-corrected chi connectivity index (χ1v) is 10.6. The molecule has 0 saturated heterocycles. The Labute approximate surface area is 173 Å². The molecule has 2 heterocycles. The molecule has 6 heteroatoms. The molecule has 1 aliphatic heterocycles. The quantitative estimate of drug-likeness (QED) is 0.595.